The van der Waals surface area contributed by atoms with E-state index in [1.807, 2.05) is 27.7 Å². The normalized spacial score (nSPS) is 17.0. The van der Waals surface area contributed by atoms with E-state index in [9.17, 15) is 4.79 Å². The number of rotatable bonds is 10. The molecule has 9 heteroatoms. The van der Waals surface area contributed by atoms with Crippen molar-refractivity contribution in [2.45, 2.75) is 58.7 Å². The summed E-state index contributed by atoms with van der Waals surface area (Å²) in [4.78, 5) is 18.2. The third kappa shape index (κ3) is 12.6. The van der Waals surface area contributed by atoms with E-state index in [1.54, 1.807) is 11.9 Å². The highest BCUT2D eigenvalue weighted by Crippen LogP contribution is 2.10. The first-order valence-corrected chi connectivity index (χ1v) is 9.97. The van der Waals surface area contributed by atoms with Crippen LogP contribution in [0, 0.1) is 0 Å². The SMILES string of the molecule is CCCN(CCNC(=NC)NCCCOC1CCOC1)C(=O)OC(C)(C)C.I. The average Bonchev–Trinajstić information content (AvgIpc) is 3.10. The van der Waals surface area contributed by atoms with Crippen molar-refractivity contribution in [3.8, 4) is 0 Å². The smallest absolute Gasteiger partial charge is 0.410 e. The molecular weight excluding hydrogens is 475 g/mol. The second kappa shape index (κ2) is 15.1. The Morgan fingerprint density at radius 3 is 2.54 bits per heavy atom. The molecule has 1 aliphatic heterocycles. The van der Waals surface area contributed by atoms with Gasteiger partial charge in [0.15, 0.2) is 5.96 Å². The molecule has 1 heterocycles. The summed E-state index contributed by atoms with van der Waals surface area (Å²) in [6.45, 7) is 12.5. The molecule has 1 aliphatic rings. The first-order chi connectivity index (χ1) is 12.9. The van der Waals surface area contributed by atoms with Crippen LogP contribution in [-0.4, -0.2) is 81.7 Å². The number of guanidine groups is 1. The highest BCUT2D eigenvalue weighted by molar-refractivity contribution is 14.0. The van der Waals surface area contributed by atoms with E-state index in [4.69, 9.17) is 14.2 Å². The van der Waals surface area contributed by atoms with Gasteiger partial charge in [0.05, 0.1) is 12.7 Å². The molecule has 0 bridgehead atoms. The summed E-state index contributed by atoms with van der Waals surface area (Å²) in [6, 6.07) is 0. The Morgan fingerprint density at radius 1 is 1.25 bits per heavy atom. The Kier molecular flexibility index (Phi) is 14.6. The number of nitrogens with zero attached hydrogens (tertiary/aromatic N) is 2. The van der Waals surface area contributed by atoms with Gasteiger partial charge in [-0.3, -0.25) is 4.99 Å². The zero-order valence-corrected chi connectivity index (χ0v) is 20.4. The van der Waals surface area contributed by atoms with Crippen LogP contribution in [0.3, 0.4) is 0 Å². The number of hydrogen-bond acceptors (Lipinski definition) is 5. The van der Waals surface area contributed by atoms with E-state index in [2.05, 4.69) is 15.6 Å². The van der Waals surface area contributed by atoms with Gasteiger partial charge in [-0.05, 0) is 40.0 Å². The van der Waals surface area contributed by atoms with Gasteiger partial charge in [0.1, 0.15) is 5.60 Å². The molecule has 1 rings (SSSR count). The maximum absolute atomic E-state index is 12.3. The number of carbonyl (C=O) groups excluding carboxylic acids is 1. The van der Waals surface area contributed by atoms with Gasteiger partial charge in [-0.1, -0.05) is 6.92 Å². The highest BCUT2D eigenvalue weighted by atomic mass is 127. The molecule has 0 radical (unpaired) electrons. The van der Waals surface area contributed by atoms with Crippen LogP contribution in [0.25, 0.3) is 0 Å². The van der Waals surface area contributed by atoms with Gasteiger partial charge >= 0.3 is 6.09 Å². The summed E-state index contributed by atoms with van der Waals surface area (Å²) >= 11 is 0. The Morgan fingerprint density at radius 2 is 1.96 bits per heavy atom. The van der Waals surface area contributed by atoms with E-state index in [0.29, 0.717) is 32.8 Å². The summed E-state index contributed by atoms with van der Waals surface area (Å²) in [6.07, 6.45) is 2.75. The van der Waals surface area contributed by atoms with Gasteiger partial charge in [0.25, 0.3) is 0 Å². The number of halogens is 1. The minimum absolute atomic E-state index is 0. The third-order valence-corrected chi connectivity index (χ3v) is 3.90. The molecule has 0 saturated carbocycles. The first kappa shape index (κ1) is 27.2. The minimum Gasteiger partial charge on any atom is -0.444 e. The van der Waals surface area contributed by atoms with Gasteiger partial charge in [-0.2, -0.15) is 0 Å². The van der Waals surface area contributed by atoms with Crippen molar-refractivity contribution in [1.29, 1.82) is 0 Å². The number of aliphatic imine (C=N–C) groups is 1. The molecule has 1 atom stereocenters. The van der Waals surface area contributed by atoms with Crippen molar-refractivity contribution in [2.24, 2.45) is 4.99 Å². The number of ether oxygens (including phenoxy) is 3. The average molecular weight is 514 g/mol. The quantitative estimate of drug-likeness (QED) is 0.202. The van der Waals surface area contributed by atoms with Gasteiger partial charge in [-0.25, -0.2) is 4.79 Å². The Balaban J connectivity index is 0.00000729. The molecule has 166 valence electrons. The van der Waals surface area contributed by atoms with Crippen molar-refractivity contribution in [3.63, 3.8) is 0 Å². The highest BCUT2D eigenvalue weighted by Gasteiger charge is 2.21. The molecule has 28 heavy (non-hydrogen) atoms. The standard InChI is InChI=1S/C19H38N4O4.HI/c1-6-11-23(18(24)27-19(2,3)4)12-10-22-17(20-5)21-9-7-13-26-16-8-14-25-15-16;/h16H,6-15H2,1-5H3,(H2,20,21,22);1H. The topological polar surface area (TPSA) is 84.4 Å². The van der Waals surface area contributed by atoms with Crippen LogP contribution in [0.2, 0.25) is 0 Å². The molecule has 1 unspecified atom stereocenters. The maximum atomic E-state index is 12.3. The molecule has 0 aromatic rings. The molecule has 1 amide bonds. The predicted octanol–water partition coefficient (Wildman–Crippen LogP) is 2.61. The number of nitrogens with one attached hydrogen (secondary N) is 2. The van der Waals surface area contributed by atoms with Crippen LogP contribution in [0.15, 0.2) is 4.99 Å². The summed E-state index contributed by atoms with van der Waals surface area (Å²) in [5.41, 5.74) is -0.485. The first-order valence-electron chi connectivity index (χ1n) is 9.97. The molecule has 0 aliphatic carbocycles. The number of hydrogen-bond donors (Lipinski definition) is 2. The van der Waals surface area contributed by atoms with Crippen molar-refractivity contribution in [2.75, 3.05) is 53.0 Å². The molecule has 0 spiro atoms. The molecule has 2 N–H and O–H groups in total. The van der Waals surface area contributed by atoms with Crippen LogP contribution >= 0.6 is 24.0 Å². The summed E-state index contributed by atoms with van der Waals surface area (Å²) in [5, 5.41) is 6.50. The van der Waals surface area contributed by atoms with E-state index >= 15 is 0 Å². The number of amides is 1. The van der Waals surface area contributed by atoms with E-state index in [1.165, 1.54) is 0 Å². The zero-order chi connectivity index (χ0) is 20.1. The summed E-state index contributed by atoms with van der Waals surface area (Å²) in [5.74, 6) is 0.722. The number of carbonyl (C=O) groups is 1. The molecular formula is C19H39IN4O4. The van der Waals surface area contributed by atoms with Crippen molar-refractivity contribution >= 4 is 36.0 Å². The monoisotopic (exact) mass is 514 g/mol. The van der Waals surface area contributed by atoms with Crippen LogP contribution < -0.4 is 10.6 Å². The maximum Gasteiger partial charge on any atom is 0.410 e. The van der Waals surface area contributed by atoms with E-state index in [-0.39, 0.29) is 36.2 Å². The van der Waals surface area contributed by atoms with Crippen LogP contribution in [0.1, 0.15) is 47.0 Å². The molecule has 0 aromatic carbocycles. The fourth-order valence-electron chi connectivity index (χ4n) is 2.59. The van der Waals surface area contributed by atoms with Gasteiger partial charge in [0, 0.05) is 46.4 Å². The minimum atomic E-state index is -0.485. The fourth-order valence-corrected chi connectivity index (χ4v) is 2.59. The lowest BCUT2D eigenvalue weighted by atomic mass is 10.2. The zero-order valence-electron chi connectivity index (χ0n) is 18.1. The molecule has 8 nitrogen and oxygen atoms in total. The van der Waals surface area contributed by atoms with Crippen molar-refractivity contribution < 1.29 is 19.0 Å². The molecule has 1 fully saturated rings. The second-order valence-electron chi connectivity index (χ2n) is 7.60. The van der Waals surface area contributed by atoms with Gasteiger partial charge in [0.2, 0.25) is 0 Å². The van der Waals surface area contributed by atoms with Crippen LogP contribution in [0.4, 0.5) is 4.79 Å². The Labute approximate surface area is 187 Å². The molecule has 1 saturated heterocycles. The van der Waals surface area contributed by atoms with Crippen molar-refractivity contribution in [1.82, 2.24) is 15.5 Å². The lowest BCUT2D eigenvalue weighted by Crippen LogP contribution is -2.44. The lowest BCUT2D eigenvalue weighted by Gasteiger charge is -2.27. The Bertz CT molecular complexity index is 452. The summed E-state index contributed by atoms with van der Waals surface area (Å²) in [7, 11) is 1.74. The summed E-state index contributed by atoms with van der Waals surface area (Å²) < 4.78 is 16.5. The third-order valence-electron chi connectivity index (χ3n) is 3.90. The van der Waals surface area contributed by atoms with Crippen LogP contribution in [-0.2, 0) is 14.2 Å². The Hall–Kier alpha value is -0.810. The second-order valence-corrected chi connectivity index (χ2v) is 7.60. The lowest BCUT2D eigenvalue weighted by molar-refractivity contribution is 0.0253. The van der Waals surface area contributed by atoms with E-state index < -0.39 is 5.60 Å². The van der Waals surface area contributed by atoms with Gasteiger partial charge in [-0.15, -0.1) is 24.0 Å². The largest absolute Gasteiger partial charge is 0.444 e. The fraction of sp³-hybridized carbons (Fsp3) is 0.895. The van der Waals surface area contributed by atoms with E-state index in [0.717, 1.165) is 38.4 Å². The van der Waals surface area contributed by atoms with Crippen molar-refractivity contribution in [3.05, 3.63) is 0 Å². The molecule has 0 aromatic heterocycles. The predicted molar refractivity (Wildman–Crippen MR) is 123 cm³/mol. The van der Waals surface area contributed by atoms with Crippen LogP contribution in [0.5, 0.6) is 0 Å². The van der Waals surface area contributed by atoms with Gasteiger partial charge < -0.3 is 29.7 Å².